The van der Waals surface area contributed by atoms with E-state index in [1.54, 1.807) is 6.92 Å². The van der Waals surface area contributed by atoms with Crippen LogP contribution in [0.4, 0.5) is 0 Å². The van der Waals surface area contributed by atoms with Crippen molar-refractivity contribution in [3.63, 3.8) is 0 Å². The van der Waals surface area contributed by atoms with Gasteiger partial charge in [0, 0.05) is 16.2 Å². The summed E-state index contributed by atoms with van der Waals surface area (Å²) in [7, 11) is 0. The maximum Gasteiger partial charge on any atom is 0.134 e. The number of ketones is 1. The van der Waals surface area contributed by atoms with Gasteiger partial charge in [0.1, 0.15) is 5.78 Å². The highest BCUT2D eigenvalue weighted by atomic mass is 32.1. The number of carbonyl (C=O) groups is 1. The van der Waals surface area contributed by atoms with Gasteiger partial charge in [-0.25, -0.2) is 0 Å². The molecule has 1 aromatic heterocycles. The van der Waals surface area contributed by atoms with Gasteiger partial charge in [-0.3, -0.25) is 4.79 Å². The fraction of sp³-hybridized carbons (Fsp3) is 0.312. The Balaban J connectivity index is 2.38. The molecule has 1 aromatic carbocycles. The Bertz CT molecular complexity index is 566. The Kier molecular flexibility index (Phi) is 3.97. The molecular weight excluding hydrogens is 240 g/mol. The maximum absolute atomic E-state index is 11.2. The number of hydrogen-bond donors (Lipinski definition) is 0. The predicted octanol–water partition coefficient (Wildman–Crippen LogP) is 4.42. The first-order valence-corrected chi connectivity index (χ1v) is 7.10. The molecule has 0 aliphatic heterocycles. The van der Waals surface area contributed by atoms with Crippen LogP contribution in [0, 0.1) is 6.92 Å². The van der Waals surface area contributed by atoms with Crippen molar-refractivity contribution in [3.8, 4) is 10.4 Å². The van der Waals surface area contributed by atoms with Gasteiger partial charge in [-0.2, -0.15) is 0 Å². The zero-order chi connectivity index (χ0) is 13.1. The lowest BCUT2D eigenvalue weighted by molar-refractivity contribution is -0.116. The fourth-order valence-electron chi connectivity index (χ4n) is 2.14. The standard InChI is InChI=1S/C16H18OS/c1-4-13-10-15(16-8-5-12(3)18-16)7-6-14(13)9-11(2)17/h5-8,10H,4,9H2,1-3H3. The minimum atomic E-state index is 0.226. The van der Waals surface area contributed by atoms with Gasteiger partial charge in [-0.15, -0.1) is 11.3 Å². The highest BCUT2D eigenvalue weighted by molar-refractivity contribution is 7.15. The summed E-state index contributed by atoms with van der Waals surface area (Å²) < 4.78 is 0. The molecule has 1 nitrogen and oxygen atoms in total. The zero-order valence-corrected chi connectivity index (χ0v) is 11.9. The van der Waals surface area contributed by atoms with Gasteiger partial charge in [0.25, 0.3) is 0 Å². The van der Waals surface area contributed by atoms with Crippen molar-refractivity contribution >= 4 is 17.1 Å². The molecule has 0 atom stereocenters. The lowest BCUT2D eigenvalue weighted by Crippen LogP contribution is -2.00. The lowest BCUT2D eigenvalue weighted by Gasteiger charge is -2.08. The molecule has 0 radical (unpaired) electrons. The molecule has 0 bridgehead atoms. The molecule has 0 N–H and O–H groups in total. The van der Waals surface area contributed by atoms with Crippen LogP contribution in [0.5, 0.6) is 0 Å². The van der Waals surface area contributed by atoms with E-state index in [0.717, 1.165) is 6.42 Å². The second kappa shape index (κ2) is 5.49. The van der Waals surface area contributed by atoms with E-state index in [1.807, 2.05) is 11.3 Å². The average Bonchev–Trinajstić information content (AvgIpc) is 2.75. The summed E-state index contributed by atoms with van der Waals surface area (Å²) in [6.45, 7) is 5.91. The quantitative estimate of drug-likeness (QED) is 0.793. The Morgan fingerprint density at radius 3 is 2.50 bits per heavy atom. The summed E-state index contributed by atoms with van der Waals surface area (Å²) in [5.74, 6) is 0.226. The minimum Gasteiger partial charge on any atom is -0.300 e. The van der Waals surface area contributed by atoms with E-state index in [1.165, 1.54) is 26.4 Å². The smallest absolute Gasteiger partial charge is 0.134 e. The van der Waals surface area contributed by atoms with Crippen LogP contribution >= 0.6 is 11.3 Å². The lowest BCUT2D eigenvalue weighted by atomic mass is 9.98. The minimum absolute atomic E-state index is 0.226. The second-order valence-corrected chi connectivity index (χ2v) is 5.91. The fourth-order valence-corrected chi connectivity index (χ4v) is 3.00. The van der Waals surface area contributed by atoms with E-state index in [2.05, 4.69) is 44.2 Å². The van der Waals surface area contributed by atoms with E-state index in [0.29, 0.717) is 6.42 Å². The molecule has 0 fully saturated rings. The van der Waals surface area contributed by atoms with E-state index in [9.17, 15) is 4.79 Å². The molecule has 0 unspecified atom stereocenters. The van der Waals surface area contributed by atoms with Crippen molar-refractivity contribution in [2.45, 2.75) is 33.6 Å². The SMILES string of the molecule is CCc1cc(-c2ccc(C)s2)ccc1CC(C)=O. The molecule has 1 heterocycles. The molecular formula is C16H18OS. The van der Waals surface area contributed by atoms with Crippen molar-refractivity contribution in [1.29, 1.82) is 0 Å². The average molecular weight is 258 g/mol. The molecule has 2 heteroatoms. The maximum atomic E-state index is 11.2. The number of hydrogen-bond acceptors (Lipinski definition) is 2. The molecule has 2 rings (SSSR count). The third kappa shape index (κ3) is 2.88. The summed E-state index contributed by atoms with van der Waals surface area (Å²) in [5, 5.41) is 0. The zero-order valence-electron chi connectivity index (χ0n) is 11.1. The Morgan fingerprint density at radius 1 is 1.17 bits per heavy atom. The monoisotopic (exact) mass is 258 g/mol. The van der Waals surface area contributed by atoms with Crippen LogP contribution in [-0.4, -0.2) is 5.78 Å². The first kappa shape index (κ1) is 13.0. The van der Waals surface area contributed by atoms with Gasteiger partial charge in [-0.1, -0.05) is 25.1 Å². The van der Waals surface area contributed by atoms with Crippen molar-refractivity contribution in [2.75, 3.05) is 0 Å². The van der Waals surface area contributed by atoms with Gasteiger partial charge in [0.05, 0.1) is 0 Å². The van der Waals surface area contributed by atoms with E-state index in [4.69, 9.17) is 0 Å². The number of thiophene rings is 1. The predicted molar refractivity (Wildman–Crippen MR) is 78.3 cm³/mol. The number of carbonyl (C=O) groups excluding carboxylic acids is 1. The highest BCUT2D eigenvalue weighted by Crippen LogP contribution is 2.29. The highest BCUT2D eigenvalue weighted by Gasteiger charge is 2.07. The summed E-state index contributed by atoms with van der Waals surface area (Å²) in [4.78, 5) is 13.9. The van der Waals surface area contributed by atoms with Crippen LogP contribution in [0.25, 0.3) is 10.4 Å². The van der Waals surface area contributed by atoms with Crippen molar-refractivity contribution in [1.82, 2.24) is 0 Å². The molecule has 0 spiro atoms. The van der Waals surface area contributed by atoms with Gasteiger partial charge in [-0.05, 0) is 49.1 Å². The summed E-state index contributed by atoms with van der Waals surface area (Å²) in [5.41, 5.74) is 3.72. The van der Waals surface area contributed by atoms with Gasteiger partial charge in [0.15, 0.2) is 0 Å². The Hall–Kier alpha value is -1.41. The number of rotatable bonds is 4. The first-order chi connectivity index (χ1) is 8.60. The number of aryl methyl sites for hydroxylation is 2. The van der Waals surface area contributed by atoms with Crippen LogP contribution in [0.1, 0.15) is 29.9 Å². The Morgan fingerprint density at radius 2 is 1.94 bits per heavy atom. The van der Waals surface area contributed by atoms with E-state index >= 15 is 0 Å². The van der Waals surface area contributed by atoms with Crippen molar-refractivity contribution < 1.29 is 4.79 Å². The Labute approximate surface area is 112 Å². The number of Topliss-reactive ketones (excluding diaryl/α,β-unsaturated/α-hetero) is 1. The molecule has 94 valence electrons. The third-order valence-electron chi connectivity index (χ3n) is 3.05. The molecule has 0 saturated carbocycles. The molecule has 0 saturated heterocycles. The van der Waals surface area contributed by atoms with Crippen LogP contribution < -0.4 is 0 Å². The van der Waals surface area contributed by atoms with E-state index in [-0.39, 0.29) is 5.78 Å². The first-order valence-electron chi connectivity index (χ1n) is 6.28. The normalized spacial score (nSPS) is 10.6. The van der Waals surface area contributed by atoms with Crippen molar-refractivity contribution in [3.05, 3.63) is 46.3 Å². The summed E-state index contributed by atoms with van der Waals surface area (Å²) in [6, 6.07) is 10.8. The number of benzene rings is 1. The summed E-state index contributed by atoms with van der Waals surface area (Å²) >= 11 is 1.81. The summed E-state index contributed by atoms with van der Waals surface area (Å²) in [6.07, 6.45) is 1.52. The van der Waals surface area contributed by atoms with E-state index < -0.39 is 0 Å². The molecule has 18 heavy (non-hydrogen) atoms. The third-order valence-corrected chi connectivity index (χ3v) is 4.10. The topological polar surface area (TPSA) is 17.1 Å². The molecule has 0 amide bonds. The van der Waals surface area contributed by atoms with Crippen LogP contribution in [0.2, 0.25) is 0 Å². The molecule has 0 aliphatic carbocycles. The van der Waals surface area contributed by atoms with Crippen LogP contribution in [0.15, 0.2) is 30.3 Å². The van der Waals surface area contributed by atoms with Gasteiger partial charge < -0.3 is 0 Å². The van der Waals surface area contributed by atoms with Crippen LogP contribution in [0.3, 0.4) is 0 Å². The van der Waals surface area contributed by atoms with Gasteiger partial charge in [0.2, 0.25) is 0 Å². The van der Waals surface area contributed by atoms with Gasteiger partial charge >= 0.3 is 0 Å². The largest absolute Gasteiger partial charge is 0.300 e. The molecule has 2 aromatic rings. The second-order valence-electron chi connectivity index (χ2n) is 4.63. The van der Waals surface area contributed by atoms with Crippen LogP contribution in [-0.2, 0) is 17.6 Å². The van der Waals surface area contributed by atoms with Crippen molar-refractivity contribution in [2.24, 2.45) is 0 Å². The molecule has 0 aliphatic rings.